The summed E-state index contributed by atoms with van der Waals surface area (Å²) in [4.78, 5) is 0. The number of likely N-dealkylation sites (N-methyl/N-ethyl adjacent to an activating group) is 1. The third-order valence-electron chi connectivity index (χ3n) is 2.93. The second-order valence-electron chi connectivity index (χ2n) is 4.63. The van der Waals surface area contributed by atoms with Gasteiger partial charge in [-0.3, -0.25) is 0 Å². The van der Waals surface area contributed by atoms with E-state index in [4.69, 9.17) is 0 Å². The van der Waals surface area contributed by atoms with Crippen molar-refractivity contribution in [2.45, 2.75) is 27.2 Å². The highest BCUT2D eigenvalue weighted by Crippen LogP contribution is 2.23. The van der Waals surface area contributed by atoms with Gasteiger partial charge in [-0.25, -0.2) is 0 Å². The maximum Gasteiger partial charge on any atom is 0.0168 e. The fourth-order valence-electron chi connectivity index (χ4n) is 1.84. The van der Waals surface area contributed by atoms with E-state index in [9.17, 15) is 0 Å². The summed E-state index contributed by atoms with van der Waals surface area (Å²) >= 11 is 0. The molecule has 1 aromatic rings. The van der Waals surface area contributed by atoms with E-state index in [0.717, 1.165) is 6.54 Å². The number of benzene rings is 1. The molecule has 1 aromatic carbocycles. The van der Waals surface area contributed by atoms with Crippen LogP contribution in [0.1, 0.15) is 25.8 Å². The van der Waals surface area contributed by atoms with Gasteiger partial charge in [-0.2, -0.15) is 0 Å². The molecule has 0 atom stereocenters. The zero-order valence-electron chi connectivity index (χ0n) is 11.4. The molecule has 1 nitrogen and oxygen atoms in total. The summed E-state index contributed by atoms with van der Waals surface area (Å²) in [5.74, 6) is 0. The smallest absolute Gasteiger partial charge is 0.0168 e. The normalized spacial score (nSPS) is 14.2. The first-order valence-corrected chi connectivity index (χ1v) is 6.15. The van der Waals surface area contributed by atoms with Gasteiger partial charge >= 0.3 is 0 Å². The Labute approximate surface area is 105 Å². The van der Waals surface area contributed by atoms with Crippen LogP contribution in [0.4, 0.5) is 0 Å². The summed E-state index contributed by atoms with van der Waals surface area (Å²) in [6.07, 6.45) is 3.46. The molecular formula is C16H23N. The van der Waals surface area contributed by atoms with Gasteiger partial charge in [-0.05, 0) is 34.2 Å². The van der Waals surface area contributed by atoms with Crippen LogP contribution >= 0.6 is 0 Å². The van der Waals surface area contributed by atoms with Gasteiger partial charge in [0.25, 0.3) is 0 Å². The van der Waals surface area contributed by atoms with Gasteiger partial charge in [0.15, 0.2) is 0 Å². The van der Waals surface area contributed by atoms with E-state index in [2.05, 4.69) is 44.3 Å². The molecule has 0 fully saturated rings. The van der Waals surface area contributed by atoms with E-state index in [0.29, 0.717) is 0 Å². The number of hydrogen-bond acceptors (Lipinski definition) is 1. The Kier molecular flexibility index (Phi) is 5.71. The minimum Gasteiger partial charge on any atom is -0.316 e. The van der Waals surface area contributed by atoms with E-state index < -0.39 is 0 Å². The third-order valence-corrected chi connectivity index (χ3v) is 2.93. The van der Waals surface area contributed by atoms with Gasteiger partial charge in [0, 0.05) is 6.54 Å². The zero-order valence-corrected chi connectivity index (χ0v) is 11.4. The van der Waals surface area contributed by atoms with Crippen LogP contribution in [-0.2, 0) is 0 Å². The summed E-state index contributed by atoms with van der Waals surface area (Å²) in [6.45, 7) is 7.50. The summed E-state index contributed by atoms with van der Waals surface area (Å²) in [5, 5.41) is 3.16. The first-order chi connectivity index (χ1) is 8.13. The molecule has 1 heteroatoms. The largest absolute Gasteiger partial charge is 0.316 e. The second-order valence-corrected chi connectivity index (χ2v) is 4.63. The van der Waals surface area contributed by atoms with Crippen LogP contribution in [0.2, 0.25) is 0 Å². The second kappa shape index (κ2) is 7.08. The predicted molar refractivity (Wildman–Crippen MR) is 76.2 cm³/mol. The van der Waals surface area contributed by atoms with Crippen molar-refractivity contribution in [3.63, 3.8) is 0 Å². The van der Waals surface area contributed by atoms with Crippen LogP contribution in [-0.4, -0.2) is 13.6 Å². The van der Waals surface area contributed by atoms with Crippen molar-refractivity contribution in [1.82, 2.24) is 5.32 Å². The van der Waals surface area contributed by atoms with Gasteiger partial charge in [0.05, 0.1) is 0 Å². The van der Waals surface area contributed by atoms with Gasteiger partial charge in [0.1, 0.15) is 0 Å². The third kappa shape index (κ3) is 5.01. The Morgan fingerprint density at radius 1 is 1.06 bits per heavy atom. The molecule has 17 heavy (non-hydrogen) atoms. The van der Waals surface area contributed by atoms with Crippen LogP contribution in [0.5, 0.6) is 0 Å². The highest BCUT2D eigenvalue weighted by Gasteiger charge is 2.07. The Hall–Kier alpha value is -1.34. The molecule has 0 spiro atoms. The van der Waals surface area contributed by atoms with Crippen LogP contribution in [0.15, 0.2) is 53.1 Å². The Morgan fingerprint density at radius 2 is 1.71 bits per heavy atom. The maximum absolute atomic E-state index is 3.16. The van der Waals surface area contributed by atoms with E-state index in [1.807, 2.05) is 25.2 Å². The molecular weight excluding hydrogens is 206 g/mol. The van der Waals surface area contributed by atoms with E-state index >= 15 is 0 Å². The number of nitrogens with one attached hydrogen (secondary N) is 1. The standard InChI is InChI=1S/C9H15N.C7H8/c1-7-4-9(6-10-3)5-8(7)2;1-7-5-3-2-4-6-7/h4,10H,5-6H2,1-3H3;2-6H,1H3. The summed E-state index contributed by atoms with van der Waals surface area (Å²) in [7, 11) is 1.99. The van der Waals surface area contributed by atoms with Crippen LogP contribution in [0.25, 0.3) is 0 Å². The lowest BCUT2D eigenvalue weighted by molar-refractivity contribution is 0.859. The molecule has 0 heterocycles. The Morgan fingerprint density at radius 3 is 2.06 bits per heavy atom. The average Bonchev–Trinajstić information content (AvgIpc) is 2.60. The fraction of sp³-hybridized carbons (Fsp3) is 0.375. The number of aryl methyl sites for hydroxylation is 1. The van der Waals surface area contributed by atoms with E-state index in [1.54, 1.807) is 0 Å². The monoisotopic (exact) mass is 229 g/mol. The molecule has 0 aliphatic heterocycles. The molecule has 1 aliphatic carbocycles. The minimum absolute atomic E-state index is 1.04. The summed E-state index contributed by atoms with van der Waals surface area (Å²) in [5.41, 5.74) is 5.80. The summed E-state index contributed by atoms with van der Waals surface area (Å²) < 4.78 is 0. The quantitative estimate of drug-likeness (QED) is 0.812. The van der Waals surface area contributed by atoms with Crippen molar-refractivity contribution in [3.8, 4) is 0 Å². The van der Waals surface area contributed by atoms with Gasteiger partial charge in [-0.1, -0.05) is 58.7 Å². The number of allylic oxidation sites excluding steroid dienone is 3. The molecule has 0 amide bonds. The average molecular weight is 229 g/mol. The Balaban J connectivity index is 0.000000181. The van der Waals surface area contributed by atoms with Crippen molar-refractivity contribution >= 4 is 0 Å². The lowest BCUT2D eigenvalue weighted by atomic mass is 10.1. The molecule has 2 rings (SSSR count). The molecule has 1 aliphatic rings. The minimum atomic E-state index is 1.04. The van der Waals surface area contributed by atoms with Gasteiger partial charge < -0.3 is 5.32 Å². The molecule has 0 unspecified atom stereocenters. The topological polar surface area (TPSA) is 12.0 Å². The molecule has 1 N–H and O–H groups in total. The van der Waals surface area contributed by atoms with Crippen LogP contribution in [0.3, 0.4) is 0 Å². The van der Waals surface area contributed by atoms with Gasteiger partial charge in [-0.15, -0.1) is 0 Å². The lowest BCUT2D eigenvalue weighted by Gasteiger charge is -1.98. The first kappa shape index (κ1) is 13.7. The molecule has 0 radical (unpaired) electrons. The van der Waals surface area contributed by atoms with Crippen LogP contribution < -0.4 is 5.32 Å². The van der Waals surface area contributed by atoms with E-state index in [1.165, 1.54) is 28.7 Å². The fourth-order valence-corrected chi connectivity index (χ4v) is 1.84. The lowest BCUT2D eigenvalue weighted by Crippen LogP contribution is -2.09. The first-order valence-electron chi connectivity index (χ1n) is 6.15. The van der Waals surface area contributed by atoms with Crippen molar-refractivity contribution in [1.29, 1.82) is 0 Å². The van der Waals surface area contributed by atoms with Crippen LogP contribution in [0, 0.1) is 6.92 Å². The van der Waals surface area contributed by atoms with Crippen molar-refractivity contribution in [2.75, 3.05) is 13.6 Å². The van der Waals surface area contributed by atoms with Crippen molar-refractivity contribution in [2.24, 2.45) is 0 Å². The van der Waals surface area contributed by atoms with Crippen molar-refractivity contribution < 1.29 is 0 Å². The van der Waals surface area contributed by atoms with Crippen molar-refractivity contribution in [3.05, 3.63) is 58.7 Å². The SMILES string of the molecule is CNCC1=CC(C)=C(C)C1.Cc1ccccc1. The highest BCUT2D eigenvalue weighted by molar-refractivity contribution is 5.37. The zero-order chi connectivity index (χ0) is 12.7. The number of hydrogen-bond donors (Lipinski definition) is 1. The molecule has 0 aromatic heterocycles. The maximum atomic E-state index is 3.16. The van der Waals surface area contributed by atoms with Gasteiger partial charge in [0.2, 0.25) is 0 Å². The van der Waals surface area contributed by atoms with E-state index in [-0.39, 0.29) is 0 Å². The molecule has 0 saturated carbocycles. The predicted octanol–water partition coefficient (Wildman–Crippen LogP) is 3.87. The molecule has 0 bridgehead atoms. The molecule has 92 valence electrons. The highest BCUT2D eigenvalue weighted by atomic mass is 14.8. The molecule has 0 saturated heterocycles. The summed E-state index contributed by atoms with van der Waals surface area (Å²) in [6, 6.07) is 10.3. The number of rotatable bonds is 2. The Bertz CT molecular complexity index is 399.